The molecule has 0 bridgehead atoms. The Hall–Kier alpha value is -2.38. The smallest absolute Gasteiger partial charge is 0.243 e. The van der Waals surface area contributed by atoms with E-state index in [0.717, 1.165) is 12.8 Å². The van der Waals surface area contributed by atoms with Crippen molar-refractivity contribution in [1.29, 1.82) is 0 Å². The average molecular weight is 403 g/mol. The summed E-state index contributed by atoms with van der Waals surface area (Å²) in [5.74, 6) is 0.798. The van der Waals surface area contributed by atoms with Crippen molar-refractivity contribution >= 4 is 21.6 Å². The number of carbonyl (C=O) groups is 1. The van der Waals surface area contributed by atoms with Crippen molar-refractivity contribution in [1.82, 2.24) is 4.31 Å². The van der Waals surface area contributed by atoms with Gasteiger partial charge in [-0.15, -0.1) is 0 Å². The van der Waals surface area contributed by atoms with E-state index in [1.807, 2.05) is 18.2 Å². The number of amides is 1. The van der Waals surface area contributed by atoms with Crippen LogP contribution in [0.25, 0.3) is 0 Å². The van der Waals surface area contributed by atoms with Crippen LogP contribution in [0.4, 0.5) is 5.69 Å². The molecule has 7 heteroatoms. The highest BCUT2D eigenvalue weighted by molar-refractivity contribution is 7.89. The van der Waals surface area contributed by atoms with Crippen molar-refractivity contribution in [3.8, 4) is 5.75 Å². The van der Waals surface area contributed by atoms with Crippen LogP contribution in [0.1, 0.15) is 25.7 Å². The first-order chi connectivity index (χ1) is 13.5. The summed E-state index contributed by atoms with van der Waals surface area (Å²) in [6, 6.07) is 15.7. The van der Waals surface area contributed by atoms with Gasteiger partial charge in [0.25, 0.3) is 0 Å². The number of nitrogens with zero attached hydrogens (tertiary/aromatic N) is 1. The molecule has 1 saturated heterocycles. The molecule has 1 fully saturated rings. The largest absolute Gasteiger partial charge is 0.497 e. The van der Waals surface area contributed by atoms with E-state index in [2.05, 4.69) is 5.32 Å². The molecule has 0 spiro atoms. The number of methoxy groups -OCH3 is 1. The van der Waals surface area contributed by atoms with E-state index >= 15 is 0 Å². The second-order valence-corrected chi connectivity index (χ2v) is 8.94. The Morgan fingerprint density at radius 3 is 2.71 bits per heavy atom. The van der Waals surface area contributed by atoms with Gasteiger partial charge in [-0.25, -0.2) is 8.42 Å². The van der Waals surface area contributed by atoms with Crippen molar-refractivity contribution < 1.29 is 17.9 Å². The molecule has 1 aliphatic heterocycles. The fourth-order valence-corrected chi connectivity index (χ4v) is 5.06. The molecule has 0 saturated carbocycles. The van der Waals surface area contributed by atoms with Crippen molar-refractivity contribution in [2.24, 2.45) is 5.92 Å². The van der Waals surface area contributed by atoms with Gasteiger partial charge in [-0.1, -0.05) is 24.3 Å². The molecule has 0 radical (unpaired) electrons. The fraction of sp³-hybridized carbons (Fsp3) is 0.381. The third-order valence-electron chi connectivity index (χ3n) is 5.00. The Morgan fingerprint density at radius 1 is 1.18 bits per heavy atom. The first-order valence-electron chi connectivity index (χ1n) is 9.48. The third kappa shape index (κ3) is 5.11. The zero-order chi connectivity index (χ0) is 20.0. The van der Waals surface area contributed by atoms with Gasteiger partial charge < -0.3 is 10.1 Å². The molecule has 28 heavy (non-hydrogen) atoms. The van der Waals surface area contributed by atoms with Crippen molar-refractivity contribution in [3.63, 3.8) is 0 Å². The number of carbonyl (C=O) groups excluding carboxylic acids is 1. The van der Waals surface area contributed by atoms with Crippen LogP contribution in [0.15, 0.2) is 59.5 Å². The minimum Gasteiger partial charge on any atom is -0.497 e. The van der Waals surface area contributed by atoms with Crippen LogP contribution in [0.3, 0.4) is 0 Å². The Bertz CT molecular complexity index is 900. The number of nitrogens with one attached hydrogen (secondary N) is 1. The molecule has 1 unspecified atom stereocenters. The maximum absolute atomic E-state index is 12.8. The number of anilines is 1. The number of ether oxygens (including phenoxy) is 1. The average Bonchev–Trinajstić information content (AvgIpc) is 2.73. The van der Waals surface area contributed by atoms with Crippen LogP contribution in [-0.2, 0) is 14.8 Å². The molecule has 1 atom stereocenters. The van der Waals surface area contributed by atoms with E-state index in [9.17, 15) is 13.2 Å². The first kappa shape index (κ1) is 20.4. The lowest BCUT2D eigenvalue weighted by molar-refractivity contribution is -0.116. The van der Waals surface area contributed by atoms with E-state index < -0.39 is 10.0 Å². The second-order valence-electron chi connectivity index (χ2n) is 7.00. The van der Waals surface area contributed by atoms with Gasteiger partial charge in [0.2, 0.25) is 15.9 Å². The van der Waals surface area contributed by atoms with Gasteiger partial charge in [-0.2, -0.15) is 4.31 Å². The quantitative estimate of drug-likeness (QED) is 0.769. The number of piperidine rings is 1. The topological polar surface area (TPSA) is 75.7 Å². The van der Waals surface area contributed by atoms with E-state index in [1.54, 1.807) is 47.8 Å². The molecule has 2 aromatic carbocycles. The van der Waals surface area contributed by atoms with Crippen molar-refractivity contribution in [2.45, 2.75) is 30.6 Å². The van der Waals surface area contributed by atoms with Gasteiger partial charge in [-0.05, 0) is 49.4 Å². The number of hydrogen-bond donors (Lipinski definition) is 1. The number of rotatable bonds is 7. The van der Waals surface area contributed by atoms with Gasteiger partial charge in [0.05, 0.1) is 12.0 Å². The minimum atomic E-state index is -3.47. The summed E-state index contributed by atoms with van der Waals surface area (Å²) < 4.78 is 32.3. The molecule has 0 aromatic heterocycles. The monoisotopic (exact) mass is 402 g/mol. The summed E-state index contributed by atoms with van der Waals surface area (Å²) in [7, 11) is -1.89. The lowest BCUT2D eigenvalue weighted by Crippen LogP contribution is -2.40. The molecular formula is C21H26N2O4S. The lowest BCUT2D eigenvalue weighted by atomic mass is 9.94. The predicted octanol–water partition coefficient (Wildman–Crippen LogP) is 3.51. The lowest BCUT2D eigenvalue weighted by Gasteiger charge is -2.31. The number of hydrogen-bond acceptors (Lipinski definition) is 4. The summed E-state index contributed by atoms with van der Waals surface area (Å²) in [5.41, 5.74) is 0.696. The van der Waals surface area contributed by atoms with E-state index in [4.69, 9.17) is 4.74 Å². The summed E-state index contributed by atoms with van der Waals surface area (Å²) in [6.07, 6.45) is 2.78. The van der Waals surface area contributed by atoms with Gasteiger partial charge in [-0.3, -0.25) is 4.79 Å². The van der Waals surface area contributed by atoms with Gasteiger partial charge in [0.1, 0.15) is 5.75 Å². The highest BCUT2D eigenvalue weighted by Crippen LogP contribution is 2.26. The Balaban J connectivity index is 1.54. The zero-order valence-corrected chi connectivity index (χ0v) is 16.8. The first-order valence-corrected chi connectivity index (χ1v) is 10.9. The second kappa shape index (κ2) is 9.21. The van der Waals surface area contributed by atoms with Crippen LogP contribution >= 0.6 is 0 Å². The molecule has 150 valence electrons. The molecule has 2 aromatic rings. The number of sulfonamides is 1. The minimum absolute atomic E-state index is 0.0729. The SMILES string of the molecule is COc1cccc(NC(=O)CCC2CCCN(S(=O)(=O)c3ccccc3)C2)c1. The molecule has 1 N–H and O–H groups in total. The molecule has 0 aliphatic carbocycles. The third-order valence-corrected chi connectivity index (χ3v) is 6.88. The normalized spacial score (nSPS) is 17.8. The van der Waals surface area contributed by atoms with Crippen molar-refractivity contribution in [3.05, 3.63) is 54.6 Å². The maximum Gasteiger partial charge on any atom is 0.243 e. The summed E-state index contributed by atoms with van der Waals surface area (Å²) in [4.78, 5) is 12.6. The van der Waals surface area contributed by atoms with E-state index in [-0.39, 0.29) is 11.8 Å². The van der Waals surface area contributed by atoms with Gasteiger partial charge in [0, 0.05) is 31.3 Å². The Morgan fingerprint density at radius 2 is 1.96 bits per heavy atom. The van der Waals surface area contributed by atoms with Crippen LogP contribution < -0.4 is 10.1 Å². The van der Waals surface area contributed by atoms with Gasteiger partial charge in [0.15, 0.2) is 0 Å². The Labute approximate surface area is 166 Å². The van der Waals surface area contributed by atoms with Crippen LogP contribution in [-0.4, -0.2) is 38.8 Å². The maximum atomic E-state index is 12.8. The van der Waals surface area contributed by atoms with E-state index in [1.165, 1.54) is 0 Å². The molecule has 1 amide bonds. The summed E-state index contributed by atoms with van der Waals surface area (Å²) in [6.45, 7) is 0.993. The van der Waals surface area contributed by atoms with Crippen LogP contribution in [0.2, 0.25) is 0 Å². The Kier molecular flexibility index (Phi) is 6.70. The highest BCUT2D eigenvalue weighted by atomic mass is 32.2. The zero-order valence-electron chi connectivity index (χ0n) is 16.0. The standard InChI is InChI=1S/C21H26N2O4S/c1-27-19-9-5-8-18(15-19)22-21(24)13-12-17-7-6-14-23(16-17)28(25,26)20-10-3-2-4-11-20/h2-5,8-11,15,17H,6-7,12-14,16H2,1H3,(H,22,24). The van der Waals surface area contributed by atoms with E-state index in [0.29, 0.717) is 42.3 Å². The van der Waals surface area contributed by atoms with Crippen LogP contribution in [0, 0.1) is 5.92 Å². The summed E-state index contributed by atoms with van der Waals surface area (Å²) in [5, 5.41) is 2.87. The highest BCUT2D eigenvalue weighted by Gasteiger charge is 2.30. The summed E-state index contributed by atoms with van der Waals surface area (Å²) >= 11 is 0. The van der Waals surface area contributed by atoms with Crippen LogP contribution in [0.5, 0.6) is 5.75 Å². The van der Waals surface area contributed by atoms with Crippen molar-refractivity contribution in [2.75, 3.05) is 25.5 Å². The predicted molar refractivity (Wildman–Crippen MR) is 109 cm³/mol. The molecule has 3 rings (SSSR count). The molecule has 6 nitrogen and oxygen atoms in total. The molecule has 1 heterocycles. The molecule has 1 aliphatic rings. The van der Waals surface area contributed by atoms with Gasteiger partial charge >= 0.3 is 0 Å². The fourth-order valence-electron chi connectivity index (χ4n) is 3.48. The number of benzene rings is 2. The molecular weight excluding hydrogens is 376 g/mol.